The van der Waals surface area contributed by atoms with Crippen LogP contribution in [0.15, 0.2) is 29.5 Å². The van der Waals surface area contributed by atoms with E-state index in [1.165, 1.54) is 0 Å². The van der Waals surface area contributed by atoms with Gasteiger partial charge < -0.3 is 15.4 Å². The van der Waals surface area contributed by atoms with Crippen molar-refractivity contribution in [1.82, 2.24) is 10.6 Å². The van der Waals surface area contributed by atoms with E-state index >= 15 is 0 Å². The van der Waals surface area contributed by atoms with Crippen LogP contribution in [0.5, 0.6) is 0 Å². The van der Waals surface area contributed by atoms with Crippen LogP contribution in [0.25, 0.3) is 0 Å². The molecule has 0 fully saturated rings. The van der Waals surface area contributed by atoms with Crippen LogP contribution in [0.1, 0.15) is 22.7 Å². The van der Waals surface area contributed by atoms with E-state index in [2.05, 4.69) is 10.6 Å². The van der Waals surface area contributed by atoms with Gasteiger partial charge in [-0.1, -0.05) is 23.8 Å². The summed E-state index contributed by atoms with van der Waals surface area (Å²) in [4.78, 5) is 23.5. The van der Waals surface area contributed by atoms with Crippen molar-refractivity contribution in [2.45, 2.75) is 19.9 Å². The first-order valence-corrected chi connectivity index (χ1v) is 6.11. The van der Waals surface area contributed by atoms with E-state index in [4.69, 9.17) is 4.74 Å². The lowest BCUT2D eigenvalue weighted by atomic mass is 9.92. The normalized spacial score (nSPS) is 21.7. The van der Waals surface area contributed by atoms with Crippen molar-refractivity contribution in [3.05, 3.63) is 46.2 Å². The maximum Gasteiger partial charge on any atom is 0.338 e. The maximum atomic E-state index is 11.8. The zero-order chi connectivity index (χ0) is 13.6. The average molecular weight is 258 g/mol. The number of hydrogen-bond donors (Lipinski definition) is 2. The van der Waals surface area contributed by atoms with Gasteiger partial charge in [-0.15, -0.1) is 0 Å². The number of hydrogen-bond acceptors (Lipinski definition) is 3. The van der Waals surface area contributed by atoms with Crippen molar-refractivity contribution in [3.8, 4) is 0 Å². The minimum atomic E-state index is -0.431. The van der Waals surface area contributed by atoms with E-state index in [0.29, 0.717) is 11.3 Å². The molecule has 0 bridgehead atoms. The molecule has 1 aromatic carbocycles. The number of esters is 1. The number of cyclic esters (lactones) is 1. The summed E-state index contributed by atoms with van der Waals surface area (Å²) in [5.74, 6) is -0.368. The van der Waals surface area contributed by atoms with E-state index in [0.717, 1.165) is 16.7 Å². The number of ether oxygens (including phenoxy) is 1. The third-order valence-corrected chi connectivity index (χ3v) is 3.46. The summed E-state index contributed by atoms with van der Waals surface area (Å²) >= 11 is 0. The molecule has 0 saturated heterocycles. The van der Waals surface area contributed by atoms with Crippen molar-refractivity contribution in [2.75, 3.05) is 6.61 Å². The number of carbonyl (C=O) groups excluding carboxylic acids is 2. The topological polar surface area (TPSA) is 67.4 Å². The number of rotatable bonds is 1. The minimum Gasteiger partial charge on any atom is -0.456 e. The number of amides is 2. The molecule has 0 aliphatic carbocycles. The van der Waals surface area contributed by atoms with Crippen LogP contribution in [0.2, 0.25) is 0 Å². The van der Waals surface area contributed by atoms with Gasteiger partial charge in [-0.25, -0.2) is 9.59 Å². The number of benzene rings is 1. The molecule has 0 aromatic heterocycles. The molecule has 1 aromatic rings. The molecule has 2 N–H and O–H groups in total. The Labute approximate surface area is 110 Å². The van der Waals surface area contributed by atoms with Gasteiger partial charge in [-0.2, -0.15) is 0 Å². The smallest absolute Gasteiger partial charge is 0.338 e. The molecule has 2 amide bonds. The van der Waals surface area contributed by atoms with Crippen molar-refractivity contribution >= 4 is 12.0 Å². The molecule has 5 heteroatoms. The van der Waals surface area contributed by atoms with Gasteiger partial charge >= 0.3 is 12.0 Å². The molecule has 1 atom stereocenters. The Hall–Kier alpha value is -2.30. The lowest BCUT2D eigenvalue weighted by Crippen LogP contribution is -2.44. The van der Waals surface area contributed by atoms with Gasteiger partial charge in [0.25, 0.3) is 0 Å². The number of aryl methyl sites for hydroxylation is 2. The van der Waals surface area contributed by atoms with Gasteiger partial charge in [0, 0.05) is 0 Å². The summed E-state index contributed by atoms with van der Waals surface area (Å²) in [6.07, 6.45) is 0. The second-order valence-electron chi connectivity index (χ2n) is 4.86. The van der Waals surface area contributed by atoms with Crippen molar-refractivity contribution in [1.29, 1.82) is 0 Å². The predicted molar refractivity (Wildman–Crippen MR) is 68.3 cm³/mol. The monoisotopic (exact) mass is 258 g/mol. The molecule has 0 saturated carbocycles. The van der Waals surface area contributed by atoms with E-state index in [1.54, 1.807) is 0 Å². The van der Waals surface area contributed by atoms with Gasteiger partial charge in [-0.05, 0) is 25.0 Å². The predicted octanol–water partition coefficient (Wildman–Crippen LogP) is 1.47. The van der Waals surface area contributed by atoms with Crippen LogP contribution in [-0.2, 0) is 9.53 Å². The van der Waals surface area contributed by atoms with Gasteiger partial charge in [0.15, 0.2) is 0 Å². The molecule has 3 rings (SSSR count). The third kappa shape index (κ3) is 1.87. The second-order valence-corrected chi connectivity index (χ2v) is 4.86. The number of urea groups is 1. The Bertz CT molecular complexity index is 619. The van der Waals surface area contributed by atoms with Crippen LogP contribution < -0.4 is 10.6 Å². The zero-order valence-corrected chi connectivity index (χ0v) is 10.7. The Balaban J connectivity index is 2.10. The van der Waals surface area contributed by atoms with Crippen LogP contribution in [0, 0.1) is 13.8 Å². The summed E-state index contributed by atoms with van der Waals surface area (Å²) in [6, 6.07) is 5.21. The minimum absolute atomic E-state index is 0.142. The largest absolute Gasteiger partial charge is 0.456 e. The molecule has 2 heterocycles. The molecule has 2 aliphatic heterocycles. The highest BCUT2D eigenvalue weighted by Gasteiger charge is 2.38. The fourth-order valence-electron chi connectivity index (χ4n) is 2.57. The summed E-state index contributed by atoms with van der Waals surface area (Å²) in [5.41, 5.74) is 4.18. The molecule has 5 nitrogen and oxygen atoms in total. The molecule has 0 unspecified atom stereocenters. The first kappa shape index (κ1) is 11.8. The quantitative estimate of drug-likeness (QED) is 0.749. The van der Waals surface area contributed by atoms with Gasteiger partial charge in [0.05, 0.1) is 17.3 Å². The zero-order valence-electron chi connectivity index (χ0n) is 10.7. The van der Waals surface area contributed by atoms with Crippen LogP contribution in [0.4, 0.5) is 4.79 Å². The van der Waals surface area contributed by atoms with Gasteiger partial charge in [-0.3, -0.25) is 0 Å². The van der Waals surface area contributed by atoms with E-state index in [1.807, 2.05) is 32.0 Å². The fraction of sp³-hybridized carbons (Fsp3) is 0.286. The molecule has 19 heavy (non-hydrogen) atoms. The Morgan fingerprint density at radius 1 is 1.26 bits per heavy atom. The highest BCUT2D eigenvalue weighted by atomic mass is 16.5. The lowest BCUT2D eigenvalue weighted by molar-refractivity contribution is -0.136. The maximum absolute atomic E-state index is 11.8. The molecule has 0 radical (unpaired) electrons. The number of carbonyl (C=O) groups is 2. The first-order valence-electron chi connectivity index (χ1n) is 6.11. The SMILES string of the molecule is Cc1ccc([C@@H]2NC(=O)NC3=C2C(=O)OC3)c(C)c1. The summed E-state index contributed by atoms with van der Waals surface area (Å²) in [5, 5.41) is 5.41. The summed E-state index contributed by atoms with van der Waals surface area (Å²) in [7, 11) is 0. The Morgan fingerprint density at radius 3 is 2.79 bits per heavy atom. The van der Waals surface area contributed by atoms with Crippen molar-refractivity contribution in [2.24, 2.45) is 0 Å². The van der Waals surface area contributed by atoms with Crippen molar-refractivity contribution in [3.63, 3.8) is 0 Å². The van der Waals surface area contributed by atoms with E-state index in [-0.39, 0.29) is 18.6 Å². The van der Waals surface area contributed by atoms with Crippen LogP contribution >= 0.6 is 0 Å². The first-order chi connectivity index (χ1) is 9.06. The highest BCUT2D eigenvalue weighted by molar-refractivity contribution is 5.97. The van der Waals surface area contributed by atoms with E-state index in [9.17, 15) is 9.59 Å². The third-order valence-electron chi connectivity index (χ3n) is 3.46. The van der Waals surface area contributed by atoms with Gasteiger partial charge in [0.2, 0.25) is 0 Å². The summed E-state index contributed by atoms with van der Waals surface area (Å²) in [6.45, 7) is 4.12. The molecular weight excluding hydrogens is 244 g/mol. The number of nitrogens with one attached hydrogen (secondary N) is 2. The second kappa shape index (κ2) is 4.12. The standard InChI is InChI=1S/C14H14N2O3/c1-7-3-4-9(8(2)5-7)12-11-10(6-19-13(11)17)15-14(18)16-12/h3-5,12H,6H2,1-2H3,(H2,15,16,18)/t12-/m0/s1. The summed E-state index contributed by atoms with van der Waals surface area (Å²) < 4.78 is 5.00. The molecule has 2 aliphatic rings. The Morgan fingerprint density at radius 2 is 2.05 bits per heavy atom. The molecule has 98 valence electrons. The average Bonchev–Trinajstić information content (AvgIpc) is 2.70. The van der Waals surface area contributed by atoms with E-state index < -0.39 is 6.04 Å². The van der Waals surface area contributed by atoms with Crippen molar-refractivity contribution < 1.29 is 14.3 Å². The van der Waals surface area contributed by atoms with Crippen LogP contribution in [0.3, 0.4) is 0 Å². The molecular formula is C14H14N2O3. The lowest BCUT2D eigenvalue weighted by Gasteiger charge is -2.26. The fourth-order valence-corrected chi connectivity index (χ4v) is 2.57. The van der Waals surface area contributed by atoms with Gasteiger partial charge in [0.1, 0.15) is 6.61 Å². The Kier molecular flexibility index (Phi) is 2.55. The highest BCUT2D eigenvalue weighted by Crippen LogP contribution is 2.32. The van der Waals surface area contributed by atoms with Crippen LogP contribution in [-0.4, -0.2) is 18.6 Å². The molecule has 0 spiro atoms.